The summed E-state index contributed by atoms with van der Waals surface area (Å²) in [7, 11) is 0. The summed E-state index contributed by atoms with van der Waals surface area (Å²) in [6.07, 6.45) is 30.6. The zero-order valence-electron chi connectivity index (χ0n) is 55.0. The van der Waals surface area contributed by atoms with E-state index in [1.54, 1.807) is 0 Å². The molecule has 19 nitrogen and oxygen atoms in total. The van der Waals surface area contributed by atoms with E-state index in [2.05, 4.69) is 31.3 Å². The minimum absolute atomic E-state index is 0.251. The molecular weight excluding hydrogens is 1130 g/mol. The maximum atomic E-state index is 13.3. The van der Waals surface area contributed by atoms with Crippen LogP contribution < -0.4 is 5.32 Å². The van der Waals surface area contributed by atoms with Crippen molar-refractivity contribution >= 4 is 5.91 Å². The molecule has 19 heteroatoms. The molecule has 520 valence electrons. The van der Waals surface area contributed by atoms with Gasteiger partial charge in [0.15, 0.2) is 18.9 Å². The molecule has 3 rings (SSSR count). The Hall–Kier alpha value is -1.47. The van der Waals surface area contributed by atoms with Crippen LogP contribution >= 0.6 is 0 Å². The van der Waals surface area contributed by atoms with Crippen LogP contribution in [0.15, 0.2) is 12.2 Å². The fourth-order valence-electron chi connectivity index (χ4n) is 12.5. The predicted molar refractivity (Wildman–Crippen MR) is 342 cm³/mol. The van der Waals surface area contributed by atoms with E-state index in [1.165, 1.54) is 186 Å². The number of ether oxygens (including phenoxy) is 6. The predicted octanol–water partition coefficient (Wildman–Crippen LogP) is 9.67. The summed E-state index contributed by atoms with van der Waals surface area (Å²) in [5.41, 5.74) is 0. The highest BCUT2D eigenvalue weighted by Gasteiger charge is 2.53. The van der Waals surface area contributed by atoms with Crippen molar-refractivity contribution in [2.75, 3.05) is 26.4 Å². The minimum atomic E-state index is -1.97. The quantitative estimate of drug-likeness (QED) is 0.0199. The second kappa shape index (κ2) is 51.9. The van der Waals surface area contributed by atoms with Crippen LogP contribution in [0.2, 0.25) is 0 Å². The van der Waals surface area contributed by atoms with E-state index in [-0.39, 0.29) is 18.9 Å². The Bertz CT molecular complexity index is 1650. The molecule has 3 fully saturated rings. The number of carbonyl (C=O) groups excluding carboxylic acids is 1. The lowest BCUT2D eigenvalue weighted by Crippen LogP contribution is -2.66. The first-order valence-corrected chi connectivity index (χ1v) is 35.9. The van der Waals surface area contributed by atoms with Crippen molar-refractivity contribution in [3.63, 3.8) is 0 Å². The molecule has 0 radical (unpaired) electrons. The molecule has 3 aliphatic rings. The van der Waals surface area contributed by atoms with Crippen LogP contribution in [-0.2, 0) is 33.2 Å². The lowest BCUT2D eigenvalue weighted by atomic mass is 9.96. The molecule has 0 aromatic carbocycles. The number of allylic oxidation sites excluding steroid dienone is 2. The zero-order valence-corrected chi connectivity index (χ0v) is 55.0. The van der Waals surface area contributed by atoms with Gasteiger partial charge < -0.3 is 89.9 Å². The third kappa shape index (κ3) is 33.6. The first kappa shape index (κ1) is 80.8. The zero-order chi connectivity index (χ0) is 64.0. The molecule has 0 aliphatic carbocycles. The van der Waals surface area contributed by atoms with Gasteiger partial charge in [0.1, 0.15) is 73.2 Å². The van der Waals surface area contributed by atoms with Crippen LogP contribution in [0.4, 0.5) is 0 Å². The van der Waals surface area contributed by atoms with Gasteiger partial charge in [-0.15, -0.1) is 0 Å². The first-order chi connectivity index (χ1) is 42.8. The van der Waals surface area contributed by atoms with Gasteiger partial charge in [-0.2, -0.15) is 0 Å². The Morgan fingerprint density at radius 3 is 1.15 bits per heavy atom. The van der Waals surface area contributed by atoms with Crippen molar-refractivity contribution in [3.8, 4) is 0 Å². The molecule has 0 aromatic heterocycles. The molecule has 3 aliphatic heterocycles. The lowest BCUT2D eigenvalue weighted by molar-refractivity contribution is -0.379. The number of nitrogens with one attached hydrogen (secondary N) is 1. The average molecular weight is 1260 g/mol. The lowest BCUT2D eigenvalue weighted by Gasteiger charge is -2.48. The normalized spacial score (nSPS) is 28.4. The SMILES string of the molecule is CCC/C=C\CCCCCCCC(=O)NC(COC1OC(CO)C(OC2OC(CO)C(OC3OC(CO)C(O)C(O)C3O)C(O)C2O)C(O)C1O)C(O)CCCCCCCCCCCCCCCCCCCCCCCCCCCCCCCCCCC. The number of carbonyl (C=O) groups is 1. The third-order valence-corrected chi connectivity index (χ3v) is 18.3. The molecule has 0 aromatic rings. The highest BCUT2D eigenvalue weighted by Crippen LogP contribution is 2.33. The highest BCUT2D eigenvalue weighted by atomic mass is 16.8. The molecule has 0 spiro atoms. The maximum Gasteiger partial charge on any atom is 0.220 e. The van der Waals surface area contributed by atoms with Gasteiger partial charge in [-0.3, -0.25) is 4.79 Å². The molecule has 12 N–H and O–H groups in total. The number of hydrogen-bond acceptors (Lipinski definition) is 18. The number of unbranched alkanes of at least 4 members (excludes halogenated alkanes) is 38. The number of aliphatic hydroxyl groups is 11. The van der Waals surface area contributed by atoms with Crippen molar-refractivity contribution in [3.05, 3.63) is 12.2 Å². The average Bonchev–Trinajstić information content (AvgIpc) is 1.21. The Morgan fingerprint density at radius 1 is 0.398 bits per heavy atom. The van der Waals surface area contributed by atoms with E-state index >= 15 is 0 Å². The van der Waals surface area contributed by atoms with E-state index in [0.29, 0.717) is 12.8 Å². The monoisotopic (exact) mass is 1260 g/mol. The fraction of sp³-hybridized carbons (Fsp3) is 0.957. The van der Waals surface area contributed by atoms with Crippen molar-refractivity contribution < 1.29 is 89.4 Å². The summed E-state index contributed by atoms with van der Waals surface area (Å²) in [5.74, 6) is -0.251. The Labute approximate surface area is 531 Å². The summed E-state index contributed by atoms with van der Waals surface area (Å²) in [5, 5.41) is 120. The van der Waals surface area contributed by atoms with Crippen LogP contribution in [0, 0.1) is 0 Å². The largest absolute Gasteiger partial charge is 0.394 e. The molecule has 17 atom stereocenters. The topological polar surface area (TPSA) is 307 Å². The van der Waals surface area contributed by atoms with E-state index < -0.39 is 124 Å². The standard InChI is InChI=1S/C69H131NO18/c1-3-5-7-9-11-13-15-16-17-18-19-20-21-22-23-24-25-26-27-28-29-30-31-32-33-34-35-36-37-38-40-42-44-46-53(74)52(70-57(75)47-45-43-41-39-14-12-10-8-6-4-2)51-83-67-63(81)60(78)65(55(49-72)85-67)88-69-64(82)61(79)66(56(50-73)86-69)87-68-62(80)59(77)58(76)54(48-71)84-68/h8,10,52-56,58-69,71-74,76-82H,3-7,9,11-51H2,1-2H3,(H,70,75)/b10-8-. The number of aliphatic hydroxyl groups excluding tert-OH is 11. The first-order valence-electron chi connectivity index (χ1n) is 35.9. The minimum Gasteiger partial charge on any atom is -0.394 e. The molecule has 1 amide bonds. The summed E-state index contributed by atoms with van der Waals surface area (Å²) in [6, 6.07) is -0.888. The van der Waals surface area contributed by atoms with Crippen LogP contribution in [0.1, 0.15) is 290 Å². The molecule has 3 saturated heterocycles. The van der Waals surface area contributed by atoms with E-state index in [4.69, 9.17) is 28.4 Å². The molecule has 3 heterocycles. The van der Waals surface area contributed by atoms with Gasteiger partial charge in [0.05, 0.1) is 38.6 Å². The third-order valence-electron chi connectivity index (χ3n) is 18.3. The van der Waals surface area contributed by atoms with Gasteiger partial charge in [0.2, 0.25) is 5.91 Å². The van der Waals surface area contributed by atoms with Crippen molar-refractivity contribution in [1.29, 1.82) is 0 Å². The Morgan fingerprint density at radius 2 is 0.739 bits per heavy atom. The van der Waals surface area contributed by atoms with Gasteiger partial charge in [-0.1, -0.05) is 264 Å². The molecule has 17 unspecified atom stereocenters. The fourth-order valence-corrected chi connectivity index (χ4v) is 12.5. The van der Waals surface area contributed by atoms with E-state index in [0.717, 1.165) is 70.6 Å². The summed E-state index contributed by atoms with van der Waals surface area (Å²) >= 11 is 0. The van der Waals surface area contributed by atoms with Crippen LogP contribution in [0.5, 0.6) is 0 Å². The molecule has 0 saturated carbocycles. The van der Waals surface area contributed by atoms with Crippen molar-refractivity contribution in [1.82, 2.24) is 5.32 Å². The number of hydrogen-bond donors (Lipinski definition) is 12. The second-order valence-corrected chi connectivity index (χ2v) is 26.1. The Balaban J connectivity index is 1.32. The highest BCUT2D eigenvalue weighted by molar-refractivity contribution is 5.76. The van der Waals surface area contributed by atoms with Gasteiger partial charge in [0.25, 0.3) is 0 Å². The molecule has 0 bridgehead atoms. The Kier molecular flexibility index (Phi) is 47.6. The van der Waals surface area contributed by atoms with Crippen LogP contribution in [-0.4, -0.2) is 193 Å². The maximum absolute atomic E-state index is 13.3. The van der Waals surface area contributed by atoms with Crippen LogP contribution in [0.3, 0.4) is 0 Å². The smallest absolute Gasteiger partial charge is 0.220 e. The molecule has 88 heavy (non-hydrogen) atoms. The van der Waals surface area contributed by atoms with Gasteiger partial charge >= 0.3 is 0 Å². The number of amides is 1. The van der Waals surface area contributed by atoms with Crippen molar-refractivity contribution in [2.45, 2.75) is 394 Å². The van der Waals surface area contributed by atoms with Gasteiger partial charge in [-0.05, 0) is 32.1 Å². The van der Waals surface area contributed by atoms with Crippen LogP contribution in [0.25, 0.3) is 0 Å². The summed E-state index contributed by atoms with van der Waals surface area (Å²) in [4.78, 5) is 13.3. The van der Waals surface area contributed by atoms with E-state index in [1.807, 2.05) is 0 Å². The van der Waals surface area contributed by atoms with Gasteiger partial charge in [0, 0.05) is 6.42 Å². The summed E-state index contributed by atoms with van der Waals surface area (Å²) < 4.78 is 34.4. The second-order valence-electron chi connectivity index (χ2n) is 26.1. The van der Waals surface area contributed by atoms with Gasteiger partial charge in [-0.25, -0.2) is 0 Å². The van der Waals surface area contributed by atoms with Crippen molar-refractivity contribution in [2.24, 2.45) is 0 Å². The molecular formula is C69H131NO18. The summed E-state index contributed by atoms with van der Waals surface area (Å²) in [6.45, 7) is 1.75. The van der Waals surface area contributed by atoms with E-state index in [9.17, 15) is 61.0 Å². The number of rotatable bonds is 56.